The second-order valence-corrected chi connectivity index (χ2v) is 5.19. The maximum atomic E-state index is 13.7. The molecule has 0 saturated carbocycles. The van der Waals surface area contributed by atoms with E-state index in [1.54, 1.807) is 6.20 Å². The third-order valence-corrected chi connectivity index (χ3v) is 3.34. The Morgan fingerprint density at radius 1 is 1.15 bits per heavy atom. The van der Waals surface area contributed by atoms with Crippen LogP contribution >= 0.6 is 24.0 Å². The zero-order valence-corrected chi connectivity index (χ0v) is 17.1. The molecule has 26 heavy (non-hydrogen) atoms. The number of guanidine groups is 1. The van der Waals surface area contributed by atoms with Gasteiger partial charge in [-0.3, -0.25) is 0 Å². The van der Waals surface area contributed by atoms with E-state index in [4.69, 9.17) is 4.74 Å². The first kappa shape index (κ1) is 22.1. The van der Waals surface area contributed by atoms with Crippen LogP contribution < -0.4 is 15.4 Å². The molecule has 1 aromatic heterocycles. The molecule has 142 valence electrons. The Morgan fingerprint density at radius 2 is 1.96 bits per heavy atom. The van der Waals surface area contributed by atoms with Crippen LogP contribution in [0.25, 0.3) is 0 Å². The van der Waals surface area contributed by atoms with E-state index in [1.807, 2.05) is 26.0 Å². The van der Waals surface area contributed by atoms with Crippen molar-refractivity contribution < 1.29 is 13.5 Å². The number of halogens is 3. The monoisotopic (exact) mass is 476 g/mol. The van der Waals surface area contributed by atoms with Crippen molar-refractivity contribution in [2.24, 2.45) is 4.99 Å². The Labute approximate surface area is 169 Å². The van der Waals surface area contributed by atoms with Gasteiger partial charge in [-0.25, -0.2) is 18.8 Å². The molecule has 0 atom stereocenters. The first-order valence-electron chi connectivity index (χ1n) is 8.16. The molecule has 0 fully saturated rings. The van der Waals surface area contributed by atoms with Gasteiger partial charge >= 0.3 is 0 Å². The topological polar surface area (TPSA) is 58.5 Å². The predicted octanol–water partition coefficient (Wildman–Crippen LogP) is 3.63. The summed E-state index contributed by atoms with van der Waals surface area (Å²) in [4.78, 5) is 8.50. The maximum absolute atomic E-state index is 13.7. The Morgan fingerprint density at radius 3 is 2.69 bits per heavy atom. The van der Waals surface area contributed by atoms with Gasteiger partial charge in [0.25, 0.3) is 0 Å². The fraction of sp³-hybridized carbons (Fsp3) is 0.333. The maximum Gasteiger partial charge on any atom is 0.218 e. The lowest BCUT2D eigenvalue weighted by atomic mass is 10.2. The molecule has 0 radical (unpaired) electrons. The van der Waals surface area contributed by atoms with Crippen molar-refractivity contribution in [3.8, 4) is 5.88 Å². The fourth-order valence-corrected chi connectivity index (χ4v) is 2.17. The number of nitrogens with zero attached hydrogens (tertiary/aromatic N) is 2. The van der Waals surface area contributed by atoms with Gasteiger partial charge in [-0.15, -0.1) is 24.0 Å². The van der Waals surface area contributed by atoms with Crippen molar-refractivity contribution >= 4 is 29.9 Å². The van der Waals surface area contributed by atoms with E-state index in [0.717, 1.165) is 23.8 Å². The van der Waals surface area contributed by atoms with Gasteiger partial charge in [0.15, 0.2) is 5.96 Å². The molecule has 2 N–H and O–H groups in total. The SMILES string of the molecule is CCNC(=NCc1cc(F)ccc1F)NCc1cccnc1OCC.I. The zero-order valence-electron chi connectivity index (χ0n) is 14.8. The van der Waals surface area contributed by atoms with E-state index in [9.17, 15) is 8.78 Å². The summed E-state index contributed by atoms with van der Waals surface area (Å²) < 4.78 is 32.4. The molecule has 0 aliphatic rings. The lowest BCUT2D eigenvalue weighted by Gasteiger charge is -2.13. The van der Waals surface area contributed by atoms with Gasteiger partial charge in [0.2, 0.25) is 5.88 Å². The molecule has 8 heteroatoms. The highest BCUT2D eigenvalue weighted by molar-refractivity contribution is 14.0. The molecule has 1 heterocycles. The van der Waals surface area contributed by atoms with Gasteiger partial charge in [-0.2, -0.15) is 0 Å². The molecule has 0 saturated heterocycles. The van der Waals surface area contributed by atoms with E-state index >= 15 is 0 Å². The molecule has 0 aliphatic heterocycles. The molecule has 0 amide bonds. The second kappa shape index (κ2) is 11.6. The largest absolute Gasteiger partial charge is 0.478 e. The van der Waals surface area contributed by atoms with E-state index in [2.05, 4.69) is 20.6 Å². The Bertz CT molecular complexity index is 728. The van der Waals surface area contributed by atoms with Crippen LogP contribution in [0.4, 0.5) is 8.78 Å². The van der Waals surface area contributed by atoms with Crippen molar-refractivity contribution in [1.29, 1.82) is 0 Å². The van der Waals surface area contributed by atoms with Crippen molar-refractivity contribution in [3.05, 3.63) is 59.3 Å². The Kier molecular flexibility index (Phi) is 9.85. The zero-order chi connectivity index (χ0) is 18.1. The quantitative estimate of drug-likeness (QED) is 0.364. The van der Waals surface area contributed by atoms with Crippen molar-refractivity contribution in [2.75, 3.05) is 13.2 Å². The second-order valence-electron chi connectivity index (χ2n) is 5.19. The predicted molar refractivity (Wildman–Crippen MR) is 109 cm³/mol. The minimum absolute atomic E-state index is 0. The van der Waals surface area contributed by atoms with Gasteiger partial charge in [0.1, 0.15) is 11.6 Å². The average Bonchev–Trinajstić information content (AvgIpc) is 2.61. The van der Waals surface area contributed by atoms with Gasteiger partial charge < -0.3 is 15.4 Å². The summed E-state index contributed by atoms with van der Waals surface area (Å²) in [5, 5.41) is 6.21. The van der Waals surface area contributed by atoms with Crippen LogP contribution in [-0.2, 0) is 13.1 Å². The summed E-state index contributed by atoms with van der Waals surface area (Å²) in [6.45, 7) is 5.46. The van der Waals surface area contributed by atoms with Crippen LogP contribution in [0, 0.1) is 11.6 Å². The van der Waals surface area contributed by atoms with Gasteiger partial charge in [0.05, 0.1) is 13.2 Å². The summed E-state index contributed by atoms with van der Waals surface area (Å²) >= 11 is 0. The van der Waals surface area contributed by atoms with Gasteiger partial charge in [-0.1, -0.05) is 6.07 Å². The molecule has 2 aromatic rings. The number of benzene rings is 1. The number of rotatable bonds is 7. The summed E-state index contributed by atoms with van der Waals surface area (Å²) in [7, 11) is 0. The Hall–Kier alpha value is -1.97. The molecular weight excluding hydrogens is 453 g/mol. The first-order valence-corrected chi connectivity index (χ1v) is 8.16. The molecule has 0 unspecified atom stereocenters. The number of aromatic nitrogens is 1. The van der Waals surface area contributed by atoms with E-state index in [0.29, 0.717) is 31.5 Å². The van der Waals surface area contributed by atoms with Gasteiger partial charge in [-0.05, 0) is 38.1 Å². The van der Waals surface area contributed by atoms with Crippen LogP contribution in [-0.4, -0.2) is 24.1 Å². The molecule has 0 spiro atoms. The standard InChI is InChI=1S/C18H22F2N4O.HI/c1-3-21-18(24-12-14-10-15(19)7-8-16(14)20)23-11-13-6-5-9-22-17(13)25-4-2;/h5-10H,3-4,11-12H2,1-2H3,(H2,21,23,24);1H. The van der Waals surface area contributed by atoms with E-state index < -0.39 is 11.6 Å². The summed E-state index contributed by atoms with van der Waals surface area (Å²) in [6, 6.07) is 7.07. The van der Waals surface area contributed by atoms with E-state index in [-0.39, 0.29) is 36.1 Å². The molecule has 5 nitrogen and oxygen atoms in total. The van der Waals surface area contributed by atoms with Crippen molar-refractivity contribution in [2.45, 2.75) is 26.9 Å². The number of hydrogen-bond donors (Lipinski definition) is 2. The summed E-state index contributed by atoms with van der Waals surface area (Å²) in [6.07, 6.45) is 1.67. The lowest BCUT2D eigenvalue weighted by Crippen LogP contribution is -2.37. The highest BCUT2D eigenvalue weighted by Gasteiger charge is 2.07. The molecule has 2 rings (SSSR count). The smallest absolute Gasteiger partial charge is 0.218 e. The third kappa shape index (κ3) is 6.74. The molecular formula is C18H23F2IN4O. The number of pyridine rings is 1. The summed E-state index contributed by atoms with van der Waals surface area (Å²) in [5.41, 5.74) is 1.08. The molecule has 0 aliphatic carbocycles. The van der Waals surface area contributed by atoms with E-state index in [1.165, 1.54) is 0 Å². The van der Waals surface area contributed by atoms with Crippen LogP contribution in [0.5, 0.6) is 5.88 Å². The number of nitrogens with one attached hydrogen (secondary N) is 2. The Balaban J connectivity index is 0.00000338. The normalized spacial score (nSPS) is 10.8. The highest BCUT2D eigenvalue weighted by Crippen LogP contribution is 2.14. The van der Waals surface area contributed by atoms with Crippen LogP contribution in [0.2, 0.25) is 0 Å². The first-order chi connectivity index (χ1) is 12.1. The van der Waals surface area contributed by atoms with Gasteiger partial charge in [0, 0.05) is 30.4 Å². The summed E-state index contributed by atoms with van der Waals surface area (Å²) in [5.74, 6) is 0.0927. The van der Waals surface area contributed by atoms with Crippen LogP contribution in [0.3, 0.4) is 0 Å². The lowest BCUT2D eigenvalue weighted by molar-refractivity contribution is 0.322. The number of aliphatic imine (C=N–C) groups is 1. The minimum Gasteiger partial charge on any atom is -0.478 e. The molecule has 0 bridgehead atoms. The average molecular weight is 476 g/mol. The number of ether oxygens (including phenoxy) is 1. The third-order valence-electron chi connectivity index (χ3n) is 3.34. The fourth-order valence-electron chi connectivity index (χ4n) is 2.17. The highest BCUT2D eigenvalue weighted by atomic mass is 127. The minimum atomic E-state index is -0.485. The number of hydrogen-bond acceptors (Lipinski definition) is 3. The van der Waals surface area contributed by atoms with Crippen LogP contribution in [0.1, 0.15) is 25.0 Å². The van der Waals surface area contributed by atoms with Crippen molar-refractivity contribution in [1.82, 2.24) is 15.6 Å². The van der Waals surface area contributed by atoms with Crippen molar-refractivity contribution in [3.63, 3.8) is 0 Å². The van der Waals surface area contributed by atoms with Crippen LogP contribution in [0.15, 0.2) is 41.5 Å². The molecule has 1 aromatic carbocycles.